The van der Waals surface area contributed by atoms with Gasteiger partial charge >= 0.3 is 0 Å². The first-order valence-corrected chi connectivity index (χ1v) is 4.85. The molecule has 0 aliphatic rings. The third kappa shape index (κ3) is 1.12. The van der Waals surface area contributed by atoms with Gasteiger partial charge in [0.05, 0.1) is 11.0 Å². The lowest BCUT2D eigenvalue weighted by molar-refractivity contribution is 0.886. The Hall–Kier alpha value is -0.580. The van der Waals surface area contributed by atoms with Gasteiger partial charge in [-0.15, -0.1) is 0 Å². The third-order valence-corrected chi connectivity index (χ3v) is 2.74. The quantitative estimate of drug-likeness (QED) is 0.674. The molecule has 0 unspecified atom stereocenters. The Balaban J connectivity index is 2.88. The van der Waals surface area contributed by atoms with Crippen LogP contribution in [0, 0.1) is 10.5 Å². The van der Waals surface area contributed by atoms with Crippen molar-refractivity contribution in [2.24, 2.45) is 7.05 Å². The number of hydrogen-bond donors (Lipinski definition) is 0. The van der Waals surface area contributed by atoms with Gasteiger partial charge in [-0.05, 0) is 47.7 Å². The maximum atomic E-state index is 4.41. The van der Waals surface area contributed by atoms with E-state index in [9.17, 15) is 0 Å². The van der Waals surface area contributed by atoms with E-state index in [1.807, 2.05) is 14.0 Å². The second kappa shape index (κ2) is 2.73. The molecule has 1 heterocycles. The summed E-state index contributed by atoms with van der Waals surface area (Å²) in [5.41, 5.74) is 2.29. The molecule has 0 spiro atoms. The van der Waals surface area contributed by atoms with E-state index in [0.29, 0.717) is 0 Å². The summed E-state index contributed by atoms with van der Waals surface area (Å²) in [4.78, 5) is 4.41. The van der Waals surface area contributed by atoms with Gasteiger partial charge in [0, 0.05) is 10.6 Å². The topological polar surface area (TPSA) is 17.8 Å². The summed E-state index contributed by atoms with van der Waals surface area (Å²) >= 11 is 2.31. The highest BCUT2D eigenvalue weighted by Crippen LogP contribution is 2.17. The average Bonchev–Trinajstić information content (AvgIpc) is 2.31. The van der Waals surface area contributed by atoms with Gasteiger partial charge in [0.15, 0.2) is 0 Å². The van der Waals surface area contributed by atoms with Crippen molar-refractivity contribution in [3.05, 3.63) is 27.6 Å². The summed E-state index contributed by atoms with van der Waals surface area (Å²) in [6, 6.07) is 6.29. The molecular formula is C9H9IN2. The maximum absolute atomic E-state index is 4.41. The molecule has 0 aliphatic heterocycles. The number of imidazole rings is 1. The largest absolute Gasteiger partial charge is 0.331 e. The molecule has 2 nitrogen and oxygen atoms in total. The molecule has 0 aliphatic carbocycles. The Morgan fingerprint density at radius 3 is 2.92 bits per heavy atom. The first kappa shape index (κ1) is 8.04. The molecule has 12 heavy (non-hydrogen) atoms. The zero-order valence-electron chi connectivity index (χ0n) is 7.00. The number of halogens is 1. The molecule has 2 aromatic rings. The van der Waals surface area contributed by atoms with E-state index >= 15 is 0 Å². The van der Waals surface area contributed by atoms with Gasteiger partial charge in [0.2, 0.25) is 0 Å². The summed E-state index contributed by atoms with van der Waals surface area (Å²) in [7, 11) is 2.04. The molecular weight excluding hydrogens is 263 g/mol. The Kier molecular flexibility index (Phi) is 1.83. The fraction of sp³-hybridized carbons (Fsp3) is 0.222. The van der Waals surface area contributed by atoms with E-state index < -0.39 is 0 Å². The molecule has 3 heteroatoms. The van der Waals surface area contributed by atoms with Gasteiger partial charge in [-0.2, -0.15) is 0 Å². The Morgan fingerprint density at radius 1 is 1.42 bits per heavy atom. The van der Waals surface area contributed by atoms with Crippen LogP contribution in [0.1, 0.15) is 5.82 Å². The summed E-state index contributed by atoms with van der Waals surface area (Å²) < 4.78 is 3.36. The highest BCUT2D eigenvalue weighted by atomic mass is 127. The maximum Gasteiger partial charge on any atom is 0.106 e. The van der Waals surface area contributed by atoms with E-state index in [-0.39, 0.29) is 0 Å². The molecule has 0 amide bonds. The van der Waals surface area contributed by atoms with E-state index in [1.165, 1.54) is 9.09 Å². The SMILES string of the molecule is Cc1nc2ccc(I)cc2n1C. The van der Waals surface area contributed by atoms with E-state index in [4.69, 9.17) is 0 Å². The van der Waals surface area contributed by atoms with Crippen LogP contribution in [0.4, 0.5) is 0 Å². The van der Waals surface area contributed by atoms with E-state index in [1.54, 1.807) is 0 Å². The van der Waals surface area contributed by atoms with Crippen LogP contribution in [0.5, 0.6) is 0 Å². The van der Waals surface area contributed by atoms with Gasteiger partial charge in [-0.3, -0.25) is 0 Å². The van der Waals surface area contributed by atoms with Gasteiger partial charge < -0.3 is 4.57 Å². The molecule has 1 aromatic heterocycles. The first-order valence-electron chi connectivity index (χ1n) is 3.77. The van der Waals surface area contributed by atoms with Crippen LogP contribution in [-0.4, -0.2) is 9.55 Å². The highest BCUT2D eigenvalue weighted by molar-refractivity contribution is 14.1. The fourth-order valence-corrected chi connectivity index (χ4v) is 1.76. The van der Waals surface area contributed by atoms with Crippen molar-refractivity contribution < 1.29 is 0 Å². The van der Waals surface area contributed by atoms with Crippen molar-refractivity contribution in [2.75, 3.05) is 0 Å². The lowest BCUT2D eigenvalue weighted by Crippen LogP contribution is -1.89. The van der Waals surface area contributed by atoms with E-state index in [2.05, 4.69) is 50.3 Å². The minimum atomic E-state index is 1.06. The molecule has 0 bridgehead atoms. The molecule has 0 fully saturated rings. The number of hydrogen-bond acceptors (Lipinski definition) is 1. The number of fused-ring (bicyclic) bond motifs is 1. The number of rotatable bonds is 0. The van der Waals surface area contributed by atoms with Crippen molar-refractivity contribution in [1.29, 1.82) is 0 Å². The monoisotopic (exact) mass is 272 g/mol. The van der Waals surface area contributed by atoms with Crippen molar-refractivity contribution in [3.8, 4) is 0 Å². The van der Waals surface area contributed by atoms with Crippen LogP contribution in [0.15, 0.2) is 18.2 Å². The summed E-state index contributed by atoms with van der Waals surface area (Å²) in [6.07, 6.45) is 0. The molecule has 1 aromatic carbocycles. The zero-order chi connectivity index (χ0) is 8.72. The van der Waals surface area contributed by atoms with Crippen LogP contribution >= 0.6 is 22.6 Å². The molecule has 0 saturated heterocycles. The first-order chi connectivity index (χ1) is 5.68. The average molecular weight is 272 g/mol. The van der Waals surface area contributed by atoms with Crippen molar-refractivity contribution in [2.45, 2.75) is 6.92 Å². The van der Waals surface area contributed by atoms with Crippen LogP contribution in [-0.2, 0) is 7.05 Å². The Labute approximate surface area is 84.7 Å². The van der Waals surface area contributed by atoms with Crippen molar-refractivity contribution >= 4 is 33.6 Å². The highest BCUT2D eigenvalue weighted by Gasteiger charge is 2.02. The summed E-state index contributed by atoms with van der Waals surface area (Å²) in [6.45, 7) is 2.02. The summed E-state index contributed by atoms with van der Waals surface area (Å²) in [5.74, 6) is 1.06. The lowest BCUT2D eigenvalue weighted by Gasteiger charge is -1.95. The third-order valence-electron chi connectivity index (χ3n) is 2.07. The second-order valence-corrected chi connectivity index (χ2v) is 4.10. The number of aryl methyl sites for hydroxylation is 2. The minimum absolute atomic E-state index is 1.06. The van der Waals surface area contributed by atoms with Crippen molar-refractivity contribution in [1.82, 2.24) is 9.55 Å². The normalized spacial score (nSPS) is 10.9. The van der Waals surface area contributed by atoms with Crippen LogP contribution < -0.4 is 0 Å². The molecule has 0 atom stereocenters. The number of aromatic nitrogens is 2. The molecule has 62 valence electrons. The van der Waals surface area contributed by atoms with Crippen molar-refractivity contribution in [3.63, 3.8) is 0 Å². The molecule has 2 rings (SSSR count). The number of benzene rings is 1. The van der Waals surface area contributed by atoms with Gasteiger partial charge in [0.1, 0.15) is 5.82 Å². The molecule has 0 saturated carbocycles. The Morgan fingerprint density at radius 2 is 2.17 bits per heavy atom. The predicted molar refractivity (Wildman–Crippen MR) is 58.2 cm³/mol. The predicted octanol–water partition coefficient (Wildman–Crippen LogP) is 2.49. The number of nitrogens with zero attached hydrogens (tertiary/aromatic N) is 2. The lowest BCUT2D eigenvalue weighted by atomic mass is 10.3. The smallest absolute Gasteiger partial charge is 0.106 e. The van der Waals surface area contributed by atoms with Crippen LogP contribution in [0.3, 0.4) is 0 Å². The minimum Gasteiger partial charge on any atom is -0.331 e. The summed E-state index contributed by atoms with van der Waals surface area (Å²) in [5, 5.41) is 0. The van der Waals surface area contributed by atoms with Gasteiger partial charge in [0.25, 0.3) is 0 Å². The molecule has 0 radical (unpaired) electrons. The fourth-order valence-electron chi connectivity index (χ4n) is 1.28. The Bertz CT molecular complexity index is 431. The van der Waals surface area contributed by atoms with E-state index in [0.717, 1.165) is 11.3 Å². The zero-order valence-corrected chi connectivity index (χ0v) is 9.16. The standard InChI is InChI=1S/C9H9IN2/c1-6-11-8-4-3-7(10)5-9(8)12(6)2/h3-5H,1-2H3. The van der Waals surface area contributed by atoms with Gasteiger partial charge in [-0.1, -0.05) is 0 Å². The van der Waals surface area contributed by atoms with Crippen LogP contribution in [0.25, 0.3) is 11.0 Å². The van der Waals surface area contributed by atoms with Crippen LogP contribution in [0.2, 0.25) is 0 Å². The molecule has 0 N–H and O–H groups in total. The second-order valence-electron chi connectivity index (χ2n) is 2.85. The van der Waals surface area contributed by atoms with Gasteiger partial charge in [-0.25, -0.2) is 4.98 Å².